The van der Waals surface area contributed by atoms with Gasteiger partial charge >= 0.3 is 30.0 Å². The van der Waals surface area contributed by atoms with Crippen LogP contribution in [-0.2, 0) is 56.0 Å². The molecule has 1 amide bonds. The van der Waals surface area contributed by atoms with E-state index in [4.69, 9.17) is 29.4 Å². The fraction of sp³-hybridized carbons (Fsp3) is 0.438. The summed E-state index contributed by atoms with van der Waals surface area (Å²) in [6.07, 6.45) is 16.0. The van der Waals surface area contributed by atoms with E-state index in [9.17, 15) is 24.0 Å². The highest BCUT2D eigenvalue weighted by Crippen LogP contribution is 2.27. The monoisotopic (exact) mass is 958 g/mol. The maximum absolute atomic E-state index is 12.6. The second-order valence-corrected chi connectivity index (χ2v) is 17.7. The van der Waals surface area contributed by atoms with Crippen LogP contribution in [0.1, 0.15) is 92.0 Å². The summed E-state index contributed by atoms with van der Waals surface area (Å²) in [5, 5.41) is 2.60. The lowest BCUT2D eigenvalue weighted by molar-refractivity contribution is -0.171. The van der Waals surface area contributed by atoms with E-state index < -0.39 is 66.4 Å². The van der Waals surface area contributed by atoms with E-state index in [0.29, 0.717) is 6.54 Å². The molecule has 2 aromatic carbocycles. The van der Waals surface area contributed by atoms with Crippen LogP contribution in [0.15, 0.2) is 98.1 Å². The number of rotatable bonds is 17. The first-order valence-electron chi connectivity index (χ1n) is 20.4. The van der Waals surface area contributed by atoms with Crippen molar-refractivity contribution in [3.63, 3.8) is 0 Å². The molecule has 16 nitrogen and oxygen atoms in total. The Morgan fingerprint density at radius 1 is 0.636 bits per heavy atom. The first-order valence-corrected chi connectivity index (χ1v) is 20.4. The minimum Gasteiger partial charge on any atom is -0.444 e. The van der Waals surface area contributed by atoms with Crippen LogP contribution < -0.4 is 11.1 Å². The van der Waals surface area contributed by atoms with Crippen LogP contribution in [0.3, 0.4) is 0 Å². The minimum absolute atomic E-state index is 0. The summed E-state index contributed by atoms with van der Waals surface area (Å²) < 4.78 is 29.2. The van der Waals surface area contributed by atoms with Gasteiger partial charge in [-0.25, -0.2) is 24.4 Å². The van der Waals surface area contributed by atoms with E-state index in [1.54, 1.807) is 58.0 Å². The van der Waals surface area contributed by atoms with Crippen molar-refractivity contribution in [1.82, 2.24) is 24.4 Å². The topological polar surface area (TPSA) is 205 Å². The van der Waals surface area contributed by atoms with E-state index in [1.165, 1.54) is 12.2 Å². The molecule has 4 rings (SSSR count). The maximum Gasteiger partial charge on any atom is 0.407 e. The molecular formula is C48H68Cl2N6O10. The highest BCUT2D eigenvalue weighted by molar-refractivity contribution is 5.88. The standard InChI is InChI=1S/C26H35N3O6.C21H27N3O4.CH4.2ClH/c1-25(2,3)21(15-28-24(32)35-26(4,5)6)23(31)34-18-33-22(30)12-11-19-7-9-20(10-8-19)16-29-14-13-27-17-29;1-21(2,3)18(12-22)20(26)28-15-27-19(25)9-8-16-4-6-17(7-5-16)13-24-11-10-23-14-24;;;/h7-14,17,21H,15-16,18H2,1-6H3,(H,28,32);4-11,14,18H,12-13,15,22H2,1-3H3;1H4;2*1H/b12-11+;9-8+;;;. The van der Waals surface area contributed by atoms with Crippen LogP contribution in [0.4, 0.5) is 4.79 Å². The number of esters is 4. The lowest BCUT2D eigenvalue weighted by Crippen LogP contribution is -2.42. The molecule has 0 saturated heterocycles. The van der Waals surface area contributed by atoms with E-state index in [2.05, 4.69) is 15.3 Å². The van der Waals surface area contributed by atoms with Gasteiger partial charge in [0, 0.05) is 63.1 Å². The van der Waals surface area contributed by atoms with E-state index >= 15 is 0 Å². The summed E-state index contributed by atoms with van der Waals surface area (Å²) in [5.74, 6) is -3.40. The molecule has 0 aliphatic carbocycles. The van der Waals surface area contributed by atoms with Gasteiger partial charge in [0.15, 0.2) is 0 Å². The predicted molar refractivity (Wildman–Crippen MR) is 258 cm³/mol. The molecule has 0 spiro atoms. The van der Waals surface area contributed by atoms with Crippen LogP contribution >= 0.6 is 24.8 Å². The van der Waals surface area contributed by atoms with Gasteiger partial charge < -0.3 is 43.9 Å². The lowest BCUT2D eigenvalue weighted by atomic mass is 9.80. The number of benzene rings is 2. The van der Waals surface area contributed by atoms with Crippen molar-refractivity contribution in [1.29, 1.82) is 0 Å². The molecule has 3 N–H and O–H groups in total. The Bertz CT molecular complexity index is 2100. The number of carbonyl (C=O) groups is 5. The smallest absolute Gasteiger partial charge is 0.407 e. The number of nitrogens with one attached hydrogen (secondary N) is 1. The van der Waals surface area contributed by atoms with Crippen molar-refractivity contribution in [3.8, 4) is 0 Å². The first kappa shape index (κ1) is 60.0. The summed E-state index contributed by atoms with van der Waals surface area (Å²) in [6.45, 7) is 17.2. The molecule has 2 atom stereocenters. The molecule has 66 heavy (non-hydrogen) atoms. The molecule has 2 aromatic heterocycles. The third kappa shape index (κ3) is 23.3. The largest absolute Gasteiger partial charge is 0.444 e. The number of carbonyl (C=O) groups excluding carboxylic acids is 5. The molecule has 2 heterocycles. The quantitative estimate of drug-likeness (QED) is 0.0443. The zero-order valence-corrected chi connectivity index (χ0v) is 40.2. The fourth-order valence-corrected chi connectivity index (χ4v) is 5.61. The Morgan fingerprint density at radius 2 is 1.03 bits per heavy atom. The van der Waals surface area contributed by atoms with E-state index in [0.717, 1.165) is 28.8 Å². The zero-order chi connectivity index (χ0) is 46.6. The van der Waals surface area contributed by atoms with Gasteiger partial charge in [0.2, 0.25) is 13.6 Å². The molecule has 0 bridgehead atoms. The third-order valence-electron chi connectivity index (χ3n) is 9.18. The van der Waals surface area contributed by atoms with E-state index in [1.807, 2.05) is 112 Å². The summed E-state index contributed by atoms with van der Waals surface area (Å²) >= 11 is 0. The van der Waals surface area contributed by atoms with Crippen molar-refractivity contribution < 1.29 is 47.7 Å². The van der Waals surface area contributed by atoms with Gasteiger partial charge in [0.1, 0.15) is 5.60 Å². The van der Waals surface area contributed by atoms with E-state index in [-0.39, 0.29) is 50.7 Å². The molecule has 364 valence electrons. The molecule has 18 heteroatoms. The van der Waals surface area contributed by atoms with Gasteiger partial charge in [-0.05, 0) is 66.0 Å². The van der Waals surface area contributed by atoms with Gasteiger partial charge in [-0.15, -0.1) is 24.8 Å². The van der Waals surface area contributed by atoms with Crippen molar-refractivity contribution in [2.45, 2.75) is 88.4 Å². The van der Waals surface area contributed by atoms with Crippen molar-refractivity contribution in [3.05, 3.63) is 120 Å². The van der Waals surface area contributed by atoms with Crippen LogP contribution in [0, 0.1) is 22.7 Å². The molecule has 0 fully saturated rings. The maximum atomic E-state index is 12.6. The van der Waals surface area contributed by atoms with Gasteiger partial charge in [-0.1, -0.05) is 97.5 Å². The minimum atomic E-state index is -0.662. The number of ether oxygens (including phenoxy) is 5. The Hall–Kier alpha value is -5.97. The Morgan fingerprint density at radius 3 is 1.36 bits per heavy atom. The molecule has 2 unspecified atom stereocenters. The Labute approximate surface area is 401 Å². The van der Waals surface area contributed by atoms with Gasteiger partial charge in [0.25, 0.3) is 0 Å². The van der Waals surface area contributed by atoms with Crippen molar-refractivity contribution in [2.24, 2.45) is 28.4 Å². The average Bonchev–Trinajstić information content (AvgIpc) is 3.91. The van der Waals surface area contributed by atoms with Crippen LogP contribution in [0.5, 0.6) is 0 Å². The third-order valence-corrected chi connectivity index (χ3v) is 9.18. The highest BCUT2D eigenvalue weighted by Gasteiger charge is 2.34. The number of amides is 1. The molecule has 0 saturated carbocycles. The molecule has 0 aliphatic heterocycles. The van der Waals surface area contributed by atoms with Crippen molar-refractivity contribution in [2.75, 3.05) is 26.7 Å². The van der Waals surface area contributed by atoms with Gasteiger partial charge in [-0.2, -0.15) is 0 Å². The number of aromatic nitrogens is 4. The van der Waals surface area contributed by atoms with Crippen molar-refractivity contribution >= 4 is 66.9 Å². The highest BCUT2D eigenvalue weighted by atomic mass is 35.5. The predicted octanol–water partition coefficient (Wildman–Crippen LogP) is 8.26. The molecule has 0 aliphatic rings. The summed E-state index contributed by atoms with van der Waals surface area (Å²) in [5.41, 5.74) is 8.07. The summed E-state index contributed by atoms with van der Waals surface area (Å²) in [4.78, 5) is 68.3. The summed E-state index contributed by atoms with van der Waals surface area (Å²) in [7, 11) is 0. The average molecular weight is 960 g/mol. The number of nitrogens with two attached hydrogens (primary N) is 1. The number of hydrogen-bond acceptors (Lipinski definition) is 13. The van der Waals surface area contributed by atoms with Gasteiger partial charge in [-0.3, -0.25) is 9.59 Å². The molecule has 4 aromatic rings. The van der Waals surface area contributed by atoms with Crippen LogP contribution in [0.2, 0.25) is 0 Å². The number of hydrogen-bond donors (Lipinski definition) is 2. The second kappa shape index (κ2) is 28.8. The zero-order valence-electron chi connectivity index (χ0n) is 38.6. The van der Waals surface area contributed by atoms with Gasteiger partial charge in [0.05, 0.1) is 24.5 Å². The lowest BCUT2D eigenvalue weighted by Gasteiger charge is -2.29. The Balaban J connectivity index is 0.00000125. The normalized spacial score (nSPS) is 12.2. The fourth-order valence-electron chi connectivity index (χ4n) is 5.61. The molecule has 0 radical (unpaired) electrons. The number of imidazole rings is 2. The number of halogens is 2. The second-order valence-electron chi connectivity index (χ2n) is 17.7. The first-order chi connectivity index (χ1) is 29.6. The Kier molecular flexibility index (Phi) is 26.2. The van der Waals surface area contributed by atoms with Crippen LogP contribution in [0.25, 0.3) is 12.2 Å². The number of nitrogens with zero attached hydrogens (tertiary/aromatic N) is 4. The van der Waals surface area contributed by atoms with Crippen LogP contribution in [-0.4, -0.2) is 81.3 Å². The summed E-state index contributed by atoms with van der Waals surface area (Å²) in [6, 6.07) is 15.5. The number of alkyl carbamates (subject to hydrolysis) is 1. The SMILES string of the molecule is C.CC(C)(C)C(CN)C(=O)OCOC(=O)/C=C/c1ccc(Cn2ccnc2)cc1.CC(C)(C)OC(=O)NCC(C(=O)OCOC(=O)/C=C/c1ccc(Cn2ccnc2)cc1)C(C)(C)C.Cl.Cl. The molecular weight excluding hydrogens is 891 g/mol.